The van der Waals surface area contributed by atoms with Crippen LogP contribution in [0.1, 0.15) is 17.3 Å². The number of benzene rings is 2. The van der Waals surface area contributed by atoms with Crippen LogP contribution in [0, 0.1) is 10.1 Å². The van der Waals surface area contributed by atoms with E-state index < -0.39 is 29.1 Å². The molecule has 1 N–H and O–H groups in total. The lowest BCUT2D eigenvalue weighted by molar-refractivity contribution is -0.385. The number of nitrogens with zero attached hydrogens (tertiary/aromatic N) is 2. The van der Waals surface area contributed by atoms with Gasteiger partial charge in [-0.1, -0.05) is 0 Å². The molecular formula is C20H23N3O7. The number of hydrogen-bond donors (Lipinski definition) is 1. The first-order valence-electron chi connectivity index (χ1n) is 9.00. The van der Waals surface area contributed by atoms with E-state index in [1.165, 1.54) is 7.11 Å². The number of carbonyl (C=O) groups is 2. The van der Waals surface area contributed by atoms with Crippen LogP contribution in [0.4, 0.5) is 17.1 Å². The second-order valence-electron chi connectivity index (χ2n) is 6.28. The van der Waals surface area contributed by atoms with Gasteiger partial charge >= 0.3 is 5.97 Å². The van der Waals surface area contributed by atoms with Crippen LogP contribution in [0.5, 0.6) is 11.5 Å². The summed E-state index contributed by atoms with van der Waals surface area (Å²) in [4.78, 5) is 37.0. The summed E-state index contributed by atoms with van der Waals surface area (Å²) in [6.45, 7) is 1.36. The zero-order valence-corrected chi connectivity index (χ0v) is 17.1. The molecule has 160 valence electrons. The van der Waals surface area contributed by atoms with E-state index >= 15 is 0 Å². The number of nitrogens with one attached hydrogen (secondary N) is 1. The minimum atomic E-state index is -1.03. The Morgan fingerprint density at radius 3 is 2.33 bits per heavy atom. The van der Waals surface area contributed by atoms with Crippen molar-refractivity contribution in [3.05, 3.63) is 52.1 Å². The van der Waals surface area contributed by atoms with Gasteiger partial charge in [-0.3, -0.25) is 14.9 Å². The second-order valence-corrected chi connectivity index (χ2v) is 6.28. The summed E-state index contributed by atoms with van der Waals surface area (Å²) in [6.07, 6.45) is 0. The average molecular weight is 417 g/mol. The third kappa shape index (κ3) is 5.60. The monoisotopic (exact) mass is 417 g/mol. The molecule has 0 spiro atoms. The fourth-order valence-electron chi connectivity index (χ4n) is 2.54. The topological polar surface area (TPSA) is 120 Å². The smallest absolute Gasteiger partial charge is 0.345 e. The minimum Gasteiger partial charge on any atom is -0.493 e. The van der Waals surface area contributed by atoms with Crippen molar-refractivity contribution < 1.29 is 28.7 Å². The second kappa shape index (κ2) is 10.1. The summed E-state index contributed by atoms with van der Waals surface area (Å²) in [5.74, 6) is -1.34. The van der Waals surface area contributed by atoms with Crippen LogP contribution in [-0.4, -0.2) is 51.2 Å². The Labute approximate surface area is 173 Å². The van der Waals surface area contributed by atoms with Gasteiger partial charge in [0, 0.05) is 31.5 Å². The fourth-order valence-corrected chi connectivity index (χ4v) is 2.54. The minimum absolute atomic E-state index is 0.127. The maximum atomic E-state index is 12.4. The average Bonchev–Trinajstić information content (AvgIpc) is 2.72. The molecule has 2 aromatic rings. The van der Waals surface area contributed by atoms with Crippen molar-refractivity contribution in [2.75, 3.05) is 44.6 Å². The number of ether oxygens (including phenoxy) is 3. The molecule has 2 aromatic carbocycles. The standard InChI is InChI=1S/C20H23N3O7/c1-5-29-18-11-16(23(26)27)15(10-17(18)28-4)20(25)30-12-19(24)21-13-6-8-14(9-7-13)22(2)3/h6-11H,5,12H2,1-4H3,(H,21,24). The molecule has 30 heavy (non-hydrogen) atoms. The molecule has 0 bridgehead atoms. The third-order valence-electron chi connectivity index (χ3n) is 4.00. The van der Waals surface area contributed by atoms with E-state index in [0.29, 0.717) is 5.69 Å². The first-order valence-corrected chi connectivity index (χ1v) is 9.00. The normalized spacial score (nSPS) is 10.1. The number of esters is 1. The first kappa shape index (κ1) is 22.5. The zero-order valence-electron chi connectivity index (χ0n) is 17.1. The van der Waals surface area contributed by atoms with Gasteiger partial charge in [-0.15, -0.1) is 0 Å². The van der Waals surface area contributed by atoms with E-state index in [1.807, 2.05) is 31.1 Å². The van der Waals surface area contributed by atoms with E-state index in [0.717, 1.165) is 17.8 Å². The zero-order chi connectivity index (χ0) is 22.3. The molecule has 0 aliphatic rings. The molecule has 0 atom stereocenters. The summed E-state index contributed by atoms with van der Waals surface area (Å²) in [5.41, 5.74) is 0.624. The maximum absolute atomic E-state index is 12.4. The highest BCUT2D eigenvalue weighted by molar-refractivity contribution is 5.98. The van der Waals surface area contributed by atoms with Crippen molar-refractivity contribution in [2.45, 2.75) is 6.92 Å². The Kier molecular flexibility index (Phi) is 7.56. The molecule has 1 amide bonds. The van der Waals surface area contributed by atoms with E-state index in [9.17, 15) is 19.7 Å². The van der Waals surface area contributed by atoms with Gasteiger partial charge in [-0.2, -0.15) is 0 Å². The van der Waals surface area contributed by atoms with Crippen LogP contribution < -0.4 is 19.7 Å². The van der Waals surface area contributed by atoms with Gasteiger partial charge < -0.3 is 24.4 Å². The SMILES string of the molecule is CCOc1cc([N+](=O)[O-])c(C(=O)OCC(=O)Nc2ccc(N(C)C)cc2)cc1OC. The van der Waals surface area contributed by atoms with Crippen molar-refractivity contribution in [1.29, 1.82) is 0 Å². The van der Waals surface area contributed by atoms with E-state index in [2.05, 4.69) is 5.32 Å². The summed E-state index contributed by atoms with van der Waals surface area (Å²) in [7, 11) is 5.12. The Hall–Kier alpha value is -3.82. The van der Waals surface area contributed by atoms with Crippen LogP contribution in [0.2, 0.25) is 0 Å². The Bertz CT molecular complexity index is 927. The molecule has 10 heteroatoms. The molecule has 0 fully saturated rings. The fraction of sp³-hybridized carbons (Fsp3) is 0.300. The number of anilines is 2. The van der Waals surface area contributed by atoms with Gasteiger partial charge in [-0.05, 0) is 31.2 Å². The van der Waals surface area contributed by atoms with Crippen LogP contribution in [0.15, 0.2) is 36.4 Å². The molecule has 2 rings (SSSR count). The first-order chi connectivity index (χ1) is 14.3. The molecule has 0 heterocycles. The lowest BCUT2D eigenvalue weighted by atomic mass is 10.1. The largest absolute Gasteiger partial charge is 0.493 e. The summed E-state index contributed by atoms with van der Waals surface area (Å²) < 4.78 is 15.4. The predicted octanol–water partition coefficient (Wildman–Crippen LogP) is 2.86. The summed E-state index contributed by atoms with van der Waals surface area (Å²) >= 11 is 0. The van der Waals surface area contributed by atoms with Crippen molar-refractivity contribution >= 4 is 28.9 Å². The Balaban J connectivity index is 2.09. The van der Waals surface area contributed by atoms with Gasteiger partial charge in [0.15, 0.2) is 18.1 Å². The van der Waals surface area contributed by atoms with Gasteiger partial charge in [-0.25, -0.2) is 4.79 Å². The van der Waals surface area contributed by atoms with Crippen molar-refractivity contribution in [3.8, 4) is 11.5 Å². The molecule has 0 aliphatic heterocycles. The van der Waals surface area contributed by atoms with Crippen LogP contribution in [0.25, 0.3) is 0 Å². The van der Waals surface area contributed by atoms with E-state index in [4.69, 9.17) is 14.2 Å². The number of methoxy groups -OCH3 is 1. The van der Waals surface area contributed by atoms with Gasteiger partial charge in [0.25, 0.3) is 11.6 Å². The quantitative estimate of drug-likeness (QED) is 0.376. The van der Waals surface area contributed by atoms with Crippen molar-refractivity contribution in [1.82, 2.24) is 0 Å². The highest BCUT2D eigenvalue weighted by Crippen LogP contribution is 2.35. The molecular weight excluding hydrogens is 394 g/mol. The number of carbonyl (C=O) groups excluding carboxylic acids is 2. The molecule has 0 unspecified atom stereocenters. The van der Waals surface area contributed by atoms with Gasteiger partial charge in [0.2, 0.25) is 0 Å². The highest BCUT2D eigenvalue weighted by atomic mass is 16.6. The molecule has 0 saturated heterocycles. The van der Waals surface area contributed by atoms with Gasteiger partial charge in [0.1, 0.15) is 5.56 Å². The molecule has 0 aliphatic carbocycles. The lowest BCUT2D eigenvalue weighted by Gasteiger charge is -2.13. The molecule has 10 nitrogen and oxygen atoms in total. The van der Waals surface area contributed by atoms with Crippen LogP contribution >= 0.6 is 0 Å². The van der Waals surface area contributed by atoms with Gasteiger partial charge in [0.05, 0.1) is 24.7 Å². The number of rotatable bonds is 9. The number of nitro groups is 1. The number of nitro benzene ring substituents is 1. The lowest BCUT2D eigenvalue weighted by Crippen LogP contribution is -2.21. The van der Waals surface area contributed by atoms with Crippen molar-refractivity contribution in [2.24, 2.45) is 0 Å². The van der Waals surface area contributed by atoms with E-state index in [-0.39, 0.29) is 23.7 Å². The third-order valence-corrected chi connectivity index (χ3v) is 4.00. The Morgan fingerprint density at radius 1 is 1.13 bits per heavy atom. The van der Waals surface area contributed by atoms with Crippen LogP contribution in [-0.2, 0) is 9.53 Å². The molecule has 0 aromatic heterocycles. The molecule has 0 saturated carbocycles. The molecule has 0 radical (unpaired) electrons. The highest BCUT2D eigenvalue weighted by Gasteiger charge is 2.26. The number of amides is 1. The summed E-state index contributed by atoms with van der Waals surface area (Å²) in [5, 5.41) is 13.9. The van der Waals surface area contributed by atoms with E-state index in [1.54, 1.807) is 19.1 Å². The van der Waals surface area contributed by atoms with Crippen LogP contribution in [0.3, 0.4) is 0 Å². The number of hydrogen-bond acceptors (Lipinski definition) is 8. The van der Waals surface area contributed by atoms with Crippen molar-refractivity contribution in [3.63, 3.8) is 0 Å². The Morgan fingerprint density at radius 2 is 1.80 bits per heavy atom. The predicted molar refractivity (Wildman–Crippen MR) is 110 cm³/mol. The maximum Gasteiger partial charge on any atom is 0.345 e. The summed E-state index contributed by atoms with van der Waals surface area (Å²) in [6, 6.07) is 9.29.